The molecule has 0 atom stereocenters. The fraction of sp³-hybridized carbons (Fsp3) is 0.125. The van der Waals surface area contributed by atoms with Crippen molar-refractivity contribution in [3.8, 4) is 0 Å². The van der Waals surface area contributed by atoms with Crippen LogP contribution in [0.25, 0.3) is 0 Å². The number of nitro groups is 1. The summed E-state index contributed by atoms with van der Waals surface area (Å²) in [5, 5.41) is 16.3. The Bertz CT molecular complexity index is 811. The Hall–Kier alpha value is -2.32. The molecule has 0 fully saturated rings. The molecule has 0 aliphatic heterocycles. The summed E-state index contributed by atoms with van der Waals surface area (Å²) in [5.74, 6) is -0.236. The van der Waals surface area contributed by atoms with E-state index in [1.165, 1.54) is 18.2 Å². The molecule has 2 aromatic rings. The standard InChI is InChI=1S/C16H14BrN3O3S/c1-10-4-2-3-5-11(10)8-15(21)19-16(24)18-14-7-6-12(20(22)23)9-13(14)17/h2-7,9H,8H2,1H3,(H2,18,19,21,24). The van der Waals surface area contributed by atoms with Crippen molar-refractivity contribution >= 4 is 50.5 Å². The maximum atomic E-state index is 12.1. The van der Waals surface area contributed by atoms with Crippen LogP contribution in [-0.2, 0) is 11.2 Å². The smallest absolute Gasteiger partial charge is 0.270 e. The molecule has 1 amide bonds. The molecule has 2 rings (SSSR count). The van der Waals surface area contributed by atoms with Gasteiger partial charge in [0.05, 0.1) is 17.0 Å². The Morgan fingerprint density at radius 2 is 2.00 bits per heavy atom. The number of nitrogens with zero attached hydrogens (tertiary/aromatic N) is 1. The maximum Gasteiger partial charge on any atom is 0.270 e. The van der Waals surface area contributed by atoms with Crippen LogP contribution in [0.1, 0.15) is 11.1 Å². The first-order valence-corrected chi connectivity index (χ1v) is 8.16. The van der Waals surface area contributed by atoms with E-state index in [0.29, 0.717) is 10.2 Å². The number of hydrogen-bond acceptors (Lipinski definition) is 4. The Morgan fingerprint density at radius 3 is 2.62 bits per heavy atom. The fourth-order valence-electron chi connectivity index (χ4n) is 2.02. The van der Waals surface area contributed by atoms with Crippen LogP contribution in [0.3, 0.4) is 0 Å². The van der Waals surface area contributed by atoms with E-state index < -0.39 is 4.92 Å². The van der Waals surface area contributed by atoms with E-state index in [0.717, 1.165) is 11.1 Å². The molecule has 0 unspecified atom stereocenters. The lowest BCUT2D eigenvalue weighted by molar-refractivity contribution is -0.384. The molecule has 24 heavy (non-hydrogen) atoms. The predicted molar refractivity (Wildman–Crippen MR) is 100 cm³/mol. The SMILES string of the molecule is Cc1ccccc1CC(=O)NC(=S)Nc1ccc([N+](=O)[O-])cc1Br. The van der Waals surface area contributed by atoms with Gasteiger partial charge in [-0.1, -0.05) is 24.3 Å². The topological polar surface area (TPSA) is 84.3 Å². The highest BCUT2D eigenvalue weighted by atomic mass is 79.9. The Kier molecular flexibility index (Phi) is 5.99. The number of carbonyl (C=O) groups excluding carboxylic acids is 1. The van der Waals surface area contributed by atoms with Crippen LogP contribution in [0.2, 0.25) is 0 Å². The van der Waals surface area contributed by atoms with Crippen molar-refractivity contribution in [3.05, 3.63) is 68.2 Å². The van der Waals surface area contributed by atoms with Gasteiger partial charge in [0, 0.05) is 16.6 Å². The van der Waals surface area contributed by atoms with Crippen LogP contribution < -0.4 is 10.6 Å². The second kappa shape index (κ2) is 7.98. The molecule has 0 aliphatic carbocycles. The van der Waals surface area contributed by atoms with Gasteiger partial charge in [-0.05, 0) is 52.3 Å². The summed E-state index contributed by atoms with van der Waals surface area (Å²) < 4.78 is 0.479. The second-order valence-corrected chi connectivity index (χ2v) is 6.29. The number of amides is 1. The molecule has 0 aromatic heterocycles. The van der Waals surface area contributed by atoms with E-state index in [9.17, 15) is 14.9 Å². The minimum absolute atomic E-state index is 0.0399. The fourth-order valence-corrected chi connectivity index (χ4v) is 2.71. The number of nitrogens with one attached hydrogen (secondary N) is 2. The molecule has 0 aliphatic rings. The third-order valence-electron chi connectivity index (χ3n) is 3.28. The molecule has 0 saturated heterocycles. The number of aryl methyl sites for hydroxylation is 1. The van der Waals surface area contributed by atoms with E-state index in [1.807, 2.05) is 31.2 Å². The Balaban J connectivity index is 1.97. The molecule has 0 bridgehead atoms. The first-order valence-electron chi connectivity index (χ1n) is 6.96. The summed E-state index contributed by atoms with van der Waals surface area (Å²) in [4.78, 5) is 22.3. The lowest BCUT2D eigenvalue weighted by atomic mass is 10.1. The number of thiocarbonyl (C=S) groups is 1. The third-order valence-corrected chi connectivity index (χ3v) is 4.14. The Labute approximate surface area is 152 Å². The molecule has 2 aromatic carbocycles. The van der Waals surface area contributed by atoms with Gasteiger partial charge in [-0.3, -0.25) is 14.9 Å². The van der Waals surface area contributed by atoms with E-state index in [2.05, 4.69) is 26.6 Å². The molecule has 0 heterocycles. The largest absolute Gasteiger partial charge is 0.331 e. The van der Waals surface area contributed by atoms with Crippen LogP contribution in [0, 0.1) is 17.0 Å². The van der Waals surface area contributed by atoms with Crippen LogP contribution in [-0.4, -0.2) is 15.9 Å². The number of rotatable bonds is 4. The minimum Gasteiger partial charge on any atom is -0.331 e. The lowest BCUT2D eigenvalue weighted by Gasteiger charge is -2.11. The molecule has 6 nitrogen and oxygen atoms in total. The quantitative estimate of drug-likeness (QED) is 0.458. The van der Waals surface area contributed by atoms with Crippen molar-refractivity contribution in [1.29, 1.82) is 0 Å². The molecule has 8 heteroatoms. The average molecular weight is 408 g/mol. The van der Waals surface area contributed by atoms with E-state index in [1.54, 1.807) is 0 Å². The molecular formula is C16H14BrN3O3S. The van der Waals surface area contributed by atoms with Gasteiger partial charge < -0.3 is 10.6 Å². The van der Waals surface area contributed by atoms with Gasteiger partial charge in [-0.25, -0.2) is 0 Å². The number of hydrogen-bond donors (Lipinski definition) is 2. The molecule has 2 N–H and O–H groups in total. The summed E-state index contributed by atoms with van der Waals surface area (Å²) in [6, 6.07) is 11.8. The number of carbonyl (C=O) groups is 1. The number of nitro benzene ring substituents is 1. The van der Waals surface area contributed by atoms with Crippen molar-refractivity contribution in [3.63, 3.8) is 0 Å². The monoisotopic (exact) mass is 407 g/mol. The zero-order chi connectivity index (χ0) is 17.7. The van der Waals surface area contributed by atoms with Crippen molar-refractivity contribution in [2.75, 3.05) is 5.32 Å². The van der Waals surface area contributed by atoms with Gasteiger partial charge in [-0.2, -0.15) is 0 Å². The van der Waals surface area contributed by atoms with Crippen LogP contribution in [0.4, 0.5) is 11.4 Å². The first-order chi connectivity index (χ1) is 11.4. The number of anilines is 1. The van der Waals surface area contributed by atoms with Crippen molar-refractivity contribution in [1.82, 2.24) is 5.32 Å². The van der Waals surface area contributed by atoms with Crippen LogP contribution in [0.15, 0.2) is 46.9 Å². The molecule has 0 spiro atoms. The summed E-state index contributed by atoms with van der Waals surface area (Å²) in [6.45, 7) is 1.94. The van der Waals surface area contributed by atoms with Gasteiger partial charge in [0.15, 0.2) is 5.11 Å². The van der Waals surface area contributed by atoms with Gasteiger partial charge in [0.1, 0.15) is 0 Å². The third kappa shape index (κ3) is 4.84. The molecular weight excluding hydrogens is 394 g/mol. The number of non-ortho nitro benzene ring substituents is 1. The van der Waals surface area contributed by atoms with Gasteiger partial charge in [0.2, 0.25) is 5.91 Å². The van der Waals surface area contributed by atoms with Gasteiger partial charge >= 0.3 is 0 Å². The van der Waals surface area contributed by atoms with Crippen molar-refractivity contribution < 1.29 is 9.72 Å². The van der Waals surface area contributed by atoms with Gasteiger partial charge in [-0.15, -0.1) is 0 Å². The zero-order valence-electron chi connectivity index (χ0n) is 12.7. The van der Waals surface area contributed by atoms with Gasteiger partial charge in [0.25, 0.3) is 5.69 Å². The van der Waals surface area contributed by atoms with Crippen LogP contribution >= 0.6 is 28.1 Å². The summed E-state index contributed by atoms with van der Waals surface area (Å²) in [6.07, 6.45) is 0.218. The maximum absolute atomic E-state index is 12.1. The number of halogens is 1. The second-order valence-electron chi connectivity index (χ2n) is 5.03. The highest BCUT2D eigenvalue weighted by Gasteiger charge is 2.12. The highest BCUT2D eigenvalue weighted by molar-refractivity contribution is 9.10. The lowest BCUT2D eigenvalue weighted by Crippen LogP contribution is -2.35. The molecule has 0 radical (unpaired) electrons. The molecule has 0 saturated carbocycles. The summed E-state index contributed by atoms with van der Waals surface area (Å²) >= 11 is 8.34. The summed E-state index contributed by atoms with van der Waals surface area (Å²) in [7, 11) is 0. The minimum atomic E-state index is -0.489. The average Bonchev–Trinajstić information content (AvgIpc) is 2.51. The number of benzene rings is 2. The summed E-state index contributed by atoms with van der Waals surface area (Å²) in [5.41, 5.74) is 2.45. The first kappa shape index (κ1) is 18.0. The van der Waals surface area contributed by atoms with Crippen LogP contribution in [0.5, 0.6) is 0 Å². The van der Waals surface area contributed by atoms with Crippen molar-refractivity contribution in [2.24, 2.45) is 0 Å². The van der Waals surface area contributed by atoms with E-state index >= 15 is 0 Å². The highest BCUT2D eigenvalue weighted by Crippen LogP contribution is 2.27. The predicted octanol–water partition coefficient (Wildman–Crippen LogP) is 3.72. The Morgan fingerprint density at radius 1 is 1.29 bits per heavy atom. The zero-order valence-corrected chi connectivity index (χ0v) is 15.1. The van der Waals surface area contributed by atoms with E-state index in [4.69, 9.17) is 12.2 Å². The van der Waals surface area contributed by atoms with Crippen molar-refractivity contribution in [2.45, 2.75) is 13.3 Å². The van der Waals surface area contributed by atoms with E-state index in [-0.39, 0.29) is 23.1 Å². The normalized spacial score (nSPS) is 10.1. The molecule has 124 valence electrons.